The number of carbonyl (C=O) groups is 1. The maximum atomic E-state index is 10.4. The Balaban J connectivity index is 3.48. The standard InChI is InChI=1S/C21H42O2/c1-4-5-6-10-13-16-20(19(2)3)17-14-11-8-7-9-12-15-18-21(22)23/h19-20H,4-18H2,1-3H3,(H,22,23). The van der Waals surface area contributed by atoms with Gasteiger partial charge in [-0.1, -0.05) is 104 Å². The molecule has 2 nitrogen and oxygen atoms in total. The Bertz CT molecular complexity index is 261. The summed E-state index contributed by atoms with van der Waals surface area (Å²) in [5, 5.41) is 8.59. The summed E-state index contributed by atoms with van der Waals surface area (Å²) < 4.78 is 0. The van der Waals surface area contributed by atoms with Crippen molar-refractivity contribution in [1.82, 2.24) is 0 Å². The van der Waals surface area contributed by atoms with Crippen molar-refractivity contribution in [2.45, 2.75) is 117 Å². The topological polar surface area (TPSA) is 37.3 Å². The SMILES string of the molecule is CCCCCCCC(CCCCCCCCCC(=O)O)C(C)C. The molecule has 0 heterocycles. The predicted octanol–water partition coefficient (Wildman–Crippen LogP) is 7.21. The molecule has 1 atom stereocenters. The van der Waals surface area contributed by atoms with Crippen LogP contribution in [-0.4, -0.2) is 11.1 Å². The first-order chi connectivity index (χ1) is 11.1. The third kappa shape index (κ3) is 16.1. The van der Waals surface area contributed by atoms with Crippen molar-refractivity contribution in [3.63, 3.8) is 0 Å². The van der Waals surface area contributed by atoms with E-state index >= 15 is 0 Å². The Kier molecular flexibility index (Phi) is 16.0. The van der Waals surface area contributed by atoms with Crippen LogP contribution in [0.3, 0.4) is 0 Å². The molecule has 0 bridgehead atoms. The van der Waals surface area contributed by atoms with Gasteiger partial charge in [0.25, 0.3) is 0 Å². The smallest absolute Gasteiger partial charge is 0.303 e. The van der Waals surface area contributed by atoms with E-state index in [2.05, 4.69) is 20.8 Å². The van der Waals surface area contributed by atoms with Gasteiger partial charge in [0, 0.05) is 6.42 Å². The van der Waals surface area contributed by atoms with Crippen LogP contribution >= 0.6 is 0 Å². The zero-order chi connectivity index (χ0) is 17.3. The number of aliphatic carboxylic acids is 1. The van der Waals surface area contributed by atoms with Crippen LogP contribution in [0.1, 0.15) is 117 Å². The van der Waals surface area contributed by atoms with Crippen molar-refractivity contribution >= 4 is 5.97 Å². The molecule has 0 aliphatic carbocycles. The van der Waals surface area contributed by atoms with Crippen molar-refractivity contribution in [3.8, 4) is 0 Å². The van der Waals surface area contributed by atoms with Crippen molar-refractivity contribution in [1.29, 1.82) is 0 Å². The molecule has 0 aromatic rings. The molecule has 2 heteroatoms. The first-order valence-corrected chi connectivity index (χ1v) is 10.3. The number of unbranched alkanes of at least 4 members (excludes halogenated alkanes) is 10. The van der Waals surface area contributed by atoms with Crippen LogP contribution in [0.25, 0.3) is 0 Å². The minimum absolute atomic E-state index is 0.342. The highest BCUT2D eigenvalue weighted by atomic mass is 16.4. The monoisotopic (exact) mass is 326 g/mol. The van der Waals surface area contributed by atoms with Gasteiger partial charge in [-0.2, -0.15) is 0 Å². The molecule has 23 heavy (non-hydrogen) atoms. The second-order valence-electron chi connectivity index (χ2n) is 7.61. The number of carboxylic acid groups (broad SMARTS) is 1. The summed E-state index contributed by atoms with van der Waals surface area (Å²) >= 11 is 0. The number of hydrogen-bond donors (Lipinski definition) is 1. The number of carboxylic acids is 1. The largest absolute Gasteiger partial charge is 0.481 e. The highest BCUT2D eigenvalue weighted by Gasteiger charge is 2.12. The molecule has 138 valence electrons. The number of hydrogen-bond acceptors (Lipinski definition) is 1. The van der Waals surface area contributed by atoms with Gasteiger partial charge in [0.2, 0.25) is 0 Å². The lowest BCUT2D eigenvalue weighted by Crippen LogP contribution is -2.08. The Morgan fingerprint density at radius 1 is 0.739 bits per heavy atom. The van der Waals surface area contributed by atoms with Crippen LogP contribution in [0.4, 0.5) is 0 Å². The van der Waals surface area contributed by atoms with E-state index in [1.165, 1.54) is 77.0 Å². The van der Waals surface area contributed by atoms with Gasteiger partial charge in [0.15, 0.2) is 0 Å². The van der Waals surface area contributed by atoms with Gasteiger partial charge in [0.05, 0.1) is 0 Å². The van der Waals surface area contributed by atoms with Gasteiger partial charge in [-0.05, 0) is 18.3 Å². The zero-order valence-corrected chi connectivity index (χ0v) is 16.1. The summed E-state index contributed by atoms with van der Waals surface area (Å²) in [6.07, 6.45) is 18.7. The molecule has 1 unspecified atom stereocenters. The van der Waals surface area contributed by atoms with E-state index in [0.29, 0.717) is 6.42 Å². The van der Waals surface area contributed by atoms with Crippen LogP contribution in [-0.2, 0) is 4.79 Å². The molecular formula is C21H42O2. The third-order valence-corrected chi connectivity index (χ3v) is 5.09. The van der Waals surface area contributed by atoms with E-state index in [-0.39, 0.29) is 0 Å². The van der Waals surface area contributed by atoms with Gasteiger partial charge in [-0.3, -0.25) is 4.79 Å². The first kappa shape index (κ1) is 22.5. The molecule has 0 spiro atoms. The molecule has 0 amide bonds. The quantitative estimate of drug-likeness (QED) is 0.287. The fourth-order valence-corrected chi connectivity index (χ4v) is 3.39. The Morgan fingerprint density at radius 3 is 1.61 bits per heavy atom. The summed E-state index contributed by atoms with van der Waals surface area (Å²) in [5.41, 5.74) is 0. The van der Waals surface area contributed by atoms with Crippen LogP contribution in [0.2, 0.25) is 0 Å². The molecule has 0 fully saturated rings. The lowest BCUT2D eigenvalue weighted by molar-refractivity contribution is -0.137. The minimum Gasteiger partial charge on any atom is -0.481 e. The Morgan fingerprint density at radius 2 is 1.17 bits per heavy atom. The summed E-state index contributed by atoms with van der Waals surface area (Å²) in [4.78, 5) is 10.4. The van der Waals surface area contributed by atoms with Crippen molar-refractivity contribution in [3.05, 3.63) is 0 Å². The van der Waals surface area contributed by atoms with Gasteiger partial charge < -0.3 is 5.11 Å². The highest BCUT2D eigenvalue weighted by Crippen LogP contribution is 2.25. The van der Waals surface area contributed by atoms with Crippen LogP contribution in [0.5, 0.6) is 0 Å². The van der Waals surface area contributed by atoms with Crippen LogP contribution < -0.4 is 0 Å². The fourth-order valence-electron chi connectivity index (χ4n) is 3.39. The molecule has 0 saturated carbocycles. The van der Waals surface area contributed by atoms with E-state index in [4.69, 9.17) is 5.11 Å². The van der Waals surface area contributed by atoms with Crippen molar-refractivity contribution < 1.29 is 9.90 Å². The fraction of sp³-hybridized carbons (Fsp3) is 0.952. The molecule has 0 aliphatic rings. The van der Waals surface area contributed by atoms with Gasteiger partial charge in [0.1, 0.15) is 0 Å². The number of rotatable bonds is 17. The summed E-state index contributed by atoms with van der Waals surface area (Å²) in [5.74, 6) is 1.10. The molecular weight excluding hydrogens is 284 g/mol. The predicted molar refractivity (Wildman–Crippen MR) is 101 cm³/mol. The Labute approximate surface area is 145 Å². The molecule has 0 rings (SSSR count). The van der Waals surface area contributed by atoms with Gasteiger partial charge >= 0.3 is 5.97 Å². The summed E-state index contributed by atoms with van der Waals surface area (Å²) in [7, 11) is 0. The summed E-state index contributed by atoms with van der Waals surface area (Å²) in [6.45, 7) is 7.06. The maximum Gasteiger partial charge on any atom is 0.303 e. The van der Waals surface area contributed by atoms with Crippen molar-refractivity contribution in [2.24, 2.45) is 11.8 Å². The van der Waals surface area contributed by atoms with E-state index in [1.807, 2.05) is 0 Å². The lowest BCUT2D eigenvalue weighted by Gasteiger charge is -2.20. The highest BCUT2D eigenvalue weighted by molar-refractivity contribution is 5.66. The van der Waals surface area contributed by atoms with Gasteiger partial charge in [-0.15, -0.1) is 0 Å². The third-order valence-electron chi connectivity index (χ3n) is 5.09. The van der Waals surface area contributed by atoms with Gasteiger partial charge in [-0.25, -0.2) is 0 Å². The molecule has 0 aliphatic heterocycles. The van der Waals surface area contributed by atoms with E-state index in [0.717, 1.165) is 24.7 Å². The zero-order valence-electron chi connectivity index (χ0n) is 16.1. The molecule has 0 aromatic heterocycles. The normalized spacial score (nSPS) is 12.7. The minimum atomic E-state index is -0.653. The van der Waals surface area contributed by atoms with E-state index in [9.17, 15) is 4.79 Å². The van der Waals surface area contributed by atoms with E-state index < -0.39 is 5.97 Å². The van der Waals surface area contributed by atoms with E-state index in [1.54, 1.807) is 0 Å². The molecule has 0 saturated heterocycles. The second kappa shape index (κ2) is 16.3. The summed E-state index contributed by atoms with van der Waals surface area (Å²) in [6, 6.07) is 0. The molecule has 0 aromatic carbocycles. The second-order valence-corrected chi connectivity index (χ2v) is 7.61. The maximum absolute atomic E-state index is 10.4. The van der Waals surface area contributed by atoms with Crippen LogP contribution in [0.15, 0.2) is 0 Å². The average Bonchev–Trinajstić information content (AvgIpc) is 2.50. The molecule has 0 radical (unpaired) electrons. The average molecular weight is 327 g/mol. The lowest BCUT2D eigenvalue weighted by atomic mass is 9.85. The van der Waals surface area contributed by atoms with Crippen LogP contribution in [0, 0.1) is 11.8 Å². The Hall–Kier alpha value is -0.530. The molecule has 1 N–H and O–H groups in total. The first-order valence-electron chi connectivity index (χ1n) is 10.3. The van der Waals surface area contributed by atoms with Crippen molar-refractivity contribution in [2.75, 3.05) is 0 Å².